The minimum Gasteiger partial charge on any atom is -0.358 e. The summed E-state index contributed by atoms with van der Waals surface area (Å²) in [6.45, 7) is 3.33. The molecule has 5 heteroatoms. The van der Waals surface area contributed by atoms with Crippen molar-refractivity contribution in [3.8, 4) is 0 Å². The lowest BCUT2D eigenvalue weighted by Gasteiger charge is -2.34. The van der Waals surface area contributed by atoms with Crippen LogP contribution >= 0.6 is 0 Å². The fourth-order valence-corrected chi connectivity index (χ4v) is 3.77. The quantitative estimate of drug-likeness (QED) is 0.943. The van der Waals surface area contributed by atoms with Gasteiger partial charge in [-0.3, -0.25) is 19.6 Å². The molecule has 2 aliphatic rings. The number of nitrogens with zero attached hydrogens (tertiary/aromatic N) is 2. The molecule has 0 atom stereocenters. The largest absolute Gasteiger partial charge is 0.358 e. The molecule has 0 bridgehead atoms. The summed E-state index contributed by atoms with van der Waals surface area (Å²) in [5.74, 6) is 0.295. The van der Waals surface area contributed by atoms with Crippen LogP contribution in [0.2, 0.25) is 0 Å². The highest BCUT2D eigenvalue weighted by Crippen LogP contribution is 2.30. The number of hydrazine groups is 1. The first-order valence-electron chi connectivity index (χ1n) is 8.83. The van der Waals surface area contributed by atoms with Gasteiger partial charge in [-0.15, -0.1) is 0 Å². The molecular formula is C19H23N3O2. The van der Waals surface area contributed by atoms with Crippen LogP contribution in [0.4, 0.5) is 0 Å². The first-order valence-corrected chi connectivity index (χ1v) is 8.83. The van der Waals surface area contributed by atoms with E-state index < -0.39 is 0 Å². The van der Waals surface area contributed by atoms with Gasteiger partial charge in [0.05, 0.1) is 6.42 Å². The number of benzene rings is 1. The van der Waals surface area contributed by atoms with Crippen LogP contribution in [0.3, 0.4) is 0 Å². The van der Waals surface area contributed by atoms with Crippen molar-refractivity contribution in [2.24, 2.45) is 5.92 Å². The van der Waals surface area contributed by atoms with Crippen molar-refractivity contribution >= 4 is 22.7 Å². The smallest absolute Gasteiger partial charge is 0.245 e. The highest BCUT2D eigenvalue weighted by atomic mass is 16.2. The molecule has 1 aliphatic carbocycles. The Hall–Kier alpha value is -2.30. The van der Waals surface area contributed by atoms with Gasteiger partial charge in [-0.1, -0.05) is 24.6 Å². The van der Waals surface area contributed by atoms with Crippen LogP contribution in [-0.2, 0) is 16.0 Å². The molecule has 24 heavy (non-hydrogen) atoms. The number of aromatic amines is 1. The zero-order chi connectivity index (χ0) is 16.7. The molecule has 1 N–H and O–H groups in total. The number of amides is 2. The van der Waals surface area contributed by atoms with Crippen LogP contribution in [0.5, 0.6) is 0 Å². The van der Waals surface area contributed by atoms with Gasteiger partial charge in [-0.2, -0.15) is 0 Å². The minimum atomic E-state index is 0.0213. The van der Waals surface area contributed by atoms with Gasteiger partial charge < -0.3 is 4.98 Å². The topological polar surface area (TPSA) is 56.4 Å². The zero-order valence-corrected chi connectivity index (χ0v) is 14.0. The Kier molecular flexibility index (Phi) is 3.79. The summed E-state index contributed by atoms with van der Waals surface area (Å²) >= 11 is 0. The number of carbonyl (C=O) groups excluding carboxylic acids is 2. The van der Waals surface area contributed by atoms with Gasteiger partial charge >= 0.3 is 0 Å². The number of para-hydroxylation sites is 1. The van der Waals surface area contributed by atoms with Gasteiger partial charge in [0.15, 0.2) is 0 Å². The van der Waals surface area contributed by atoms with E-state index >= 15 is 0 Å². The average molecular weight is 325 g/mol. The molecule has 1 saturated heterocycles. The third-order valence-electron chi connectivity index (χ3n) is 5.38. The molecule has 1 saturated carbocycles. The number of hydrogen-bond acceptors (Lipinski definition) is 2. The molecule has 0 spiro atoms. The van der Waals surface area contributed by atoms with E-state index in [0.29, 0.717) is 19.5 Å². The van der Waals surface area contributed by atoms with E-state index in [1.807, 2.05) is 31.2 Å². The number of hydrogen-bond donors (Lipinski definition) is 1. The van der Waals surface area contributed by atoms with E-state index in [0.717, 1.165) is 47.8 Å². The van der Waals surface area contributed by atoms with Crippen molar-refractivity contribution in [3.05, 3.63) is 35.5 Å². The second-order valence-corrected chi connectivity index (χ2v) is 6.91. The SMILES string of the molecule is Cc1[nH]c2ccccc2c1CC(=O)N1CCCN1C(=O)C1CCC1. The fourth-order valence-electron chi connectivity index (χ4n) is 3.77. The molecule has 0 unspecified atom stereocenters. The summed E-state index contributed by atoms with van der Waals surface area (Å²) in [7, 11) is 0. The summed E-state index contributed by atoms with van der Waals surface area (Å²) in [6.07, 6.45) is 4.28. The van der Waals surface area contributed by atoms with Crippen molar-refractivity contribution < 1.29 is 9.59 Å². The Bertz CT molecular complexity index is 791. The molecule has 126 valence electrons. The molecule has 5 nitrogen and oxygen atoms in total. The Morgan fingerprint density at radius 2 is 1.88 bits per heavy atom. The van der Waals surface area contributed by atoms with Crippen LogP contribution < -0.4 is 0 Å². The lowest BCUT2D eigenvalue weighted by molar-refractivity contribution is -0.162. The summed E-state index contributed by atoms with van der Waals surface area (Å²) in [5, 5.41) is 4.48. The van der Waals surface area contributed by atoms with Crippen molar-refractivity contribution in [2.45, 2.75) is 39.0 Å². The Morgan fingerprint density at radius 1 is 1.12 bits per heavy atom. The maximum Gasteiger partial charge on any atom is 0.245 e. The van der Waals surface area contributed by atoms with Gasteiger partial charge in [0, 0.05) is 35.6 Å². The van der Waals surface area contributed by atoms with E-state index in [-0.39, 0.29) is 17.7 Å². The number of carbonyl (C=O) groups is 2. The third kappa shape index (κ3) is 2.48. The van der Waals surface area contributed by atoms with Crippen LogP contribution in [0.1, 0.15) is 36.9 Å². The first-order chi connectivity index (χ1) is 11.6. The highest BCUT2D eigenvalue weighted by Gasteiger charge is 2.36. The first kappa shape index (κ1) is 15.2. The van der Waals surface area contributed by atoms with E-state index in [1.165, 1.54) is 0 Å². The zero-order valence-electron chi connectivity index (χ0n) is 14.0. The number of aromatic nitrogens is 1. The molecule has 4 rings (SSSR count). The number of rotatable bonds is 3. The summed E-state index contributed by atoms with van der Waals surface area (Å²) in [6, 6.07) is 8.05. The normalized spacial score (nSPS) is 18.2. The van der Waals surface area contributed by atoms with E-state index in [9.17, 15) is 9.59 Å². The second kappa shape index (κ2) is 5.96. The fraction of sp³-hybridized carbons (Fsp3) is 0.474. The maximum atomic E-state index is 12.9. The lowest BCUT2D eigenvalue weighted by atomic mass is 9.84. The summed E-state index contributed by atoms with van der Waals surface area (Å²) in [5.41, 5.74) is 3.13. The average Bonchev–Trinajstić information content (AvgIpc) is 3.11. The third-order valence-corrected chi connectivity index (χ3v) is 5.38. The second-order valence-electron chi connectivity index (χ2n) is 6.91. The monoisotopic (exact) mass is 325 g/mol. The van der Waals surface area contributed by atoms with Crippen molar-refractivity contribution in [1.29, 1.82) is 0 Å². The van der Waals surface area contributed by atoms with Crippen molar-refractivity contribution in [1.82, 2.24) is 15.0 Å². The van der Waals surface area contributed by atoms with Gasteiger partial charge in [-0.05, 0) is 37.8 Å². The standard InChI is InChI=1S/C19H23N3O2/c1-13-16(15-8-2-3-9-17(15)20-13)12-18(23)21-10-5-11-22(21)19(24)14-6-4-7-14/h2-3,8-9,14,20H,4-7,10-12H2,1H3. The van der Waals surface area contributed by atoms with Gasteiger partial charge in [0.25, 0.3) is 0 Å². The van der Waals surface area contributed by atoms with Crippen LogP contribution in [-0.4, -0.2) is 39.9 Å². The van der Waals surface area contributed by atoms with Crippen molar-refractivity contribution in [3.63, 3.8) is 0 Å². The van der Waals surface area contributed by atoms with Gasteiger partial charge in [0.1, 0.15) is 0 Å². The molecule has 1 aliphatic heterocycles. The number of fused-ring (bicyclic) bond motifs is 1. The number of aryl methyl sites for hydroxylation is 1. The predicted octanol–water partition coefficient (Wildman–Crippen LogP) is 2.79. The molecule has 2 heterocycles. The molecule has 2 aromatic rings. The number of nitrogens with one attached hydrogen (secondary N) is 1. The Labute approximate surface area is 141 Å². The van der Waals surface area contributed by atoms with Crippen LogP contribution in [0, 0.1) is 12.8 Å². The van der Waals surface area contributed by atoms with Gasteiger partial charge in [0.2, 0.25) is 11.8 Å². The molecule has 2 amide bonds. The van der Waals surface area contributed by atoms with Gasteiger partial charge in [-0.25, -0.2) is 0 Å². The minimum absolute atomic E-state index is 0.0213. The predicted molar refractivity (Wildman–Crippen MR) is 92.1 cm³/mol. The molecular weight excluding hydrogens is 302 g/mol. The molecule has 2 fully saturated rings. The number of H-pyrrole nitrogens is 1. The Morgan fingerprint density at radius 3 is 2.62 bits per heavy atom. The Balaban J connectivity index is 1.54. The van der Waals surface area contributed by atoms with Crippen LogP contribution in [0.25, 0.3) is 10.9 Å². The van der Waals surface area contributed by atoms with E-state index in [2.05, 4.69) is 4.98 Å². The van der Waals surface area contributed by atoms with E-state index in [1.54, 1.807) is 10.0 Å². The van der Waals surface area contributed by atoms with Crippen LogP contribution in [0.15, 0.2) is 24.3 Å². The summed E-state index contributed by atoms with van der Waals surface area (Å²) < 4.78 is 0. The summed E-state index contributed by atoms with van der Waals surface area (Å²) in [4.78, 5) is 28.8. The lowest BCUT2D eigenvalue weighted by Crippen LogP contribution is -2.48. The molecule has 1 aromatic carbocycles. The molecule has 0 radical (unpaired) electrons. The van der Waals surface area contributed by atoms with Crippen molar-refractivity contribution in [2.75, 3.05) is 13.1 Å². The highest BCUT2D eigenvalue weighted by molar-refractivity contribution is 5.91. The molecule has 1 aromatic heterocycles. The van der Waals surface area contributed by atoms with E-state index in [4.69, 9.17) is 0 Å². The maximum absolute atomic E-state index is 12.9.